The van der Waals surface area contributed by atoms with Gasteiger partial charge < -0.3 is 25.3 Å². The highest BCUT2D eigenvalue weighted by atomic mass is 16.5. The molecule has 0 aromatic heterocycles. The average molecular weight is 443 g/mol. The van der Waals surface area contributed by atoms with E-state index < -0.39 is 5.54 Å². The van der Waals surface area contributed by atoms with Crippen molar-refractivity contribution in [2.45, 2.75) is 18.4 Å². The third-order valence-electron chi connectivity index (χ3n) is 6.77. The van der Waals surface area contributed by atoms with Gasteiger partial charge in [0.25, 0.3) is 5.91 Å². The Morgan fingerprint density at radius 3 is 2.42 bits per heavy atom. The van der Waals surface area contributed by atoms with E-state index in [-0.39, 0.29) is 18.4 Å². The summed E-state index contributed by atoms with van der Waals surface area (Å²) in [5.74, 6) is 0.575. The van der Waals surface area contributed by atoms with Crippen LogP contribution in [0.4, 0.5) is 5.69 Å². The van der Waals surface area contributed by atoms with Gasteiger partial charge >= 0.3 is 0 Å². The third-order valence-corrected chi connectivity index (χ3v) is 6.77. The Balaban J connectivity index is 1.26. The highest BCUT2D eigenvalue weighted by molar-refractivity contribution is 6.01. The number of carbonyl (C=O) groups excluding carboxylic acids is 2. The molecule has 0 saturated carbocycles. The number of hydrogen-bond acceptors (Lipinski definition) is 5. The van der Waals surface area contributed by atoms with E-state index in [2.05, 4.69) is 10.2 Å². The van der Waals surface area contributed by atoms with Crippen LogP contribution < -0.4 is 15.0 Å². The maximum absolute atomic E-state index is 12.9. The first-order chi connectivity index (χ1) is 16.1. The molecule has 0 aliphatic carbocycles. The molecule has 2 amide bonds. The number of fused-ring (bicyclic) bond motifs is 1. The summed E-state index contributed by atoms with van der Waals surface area (Å²) in [5.41, 5.74) is 1.21. The number of nitrogens with zero attached hydrogens (tertiary/aromatic N) is 2. The van der Waals surface area contributed by atoms with Gasteiger partial charge in [-0.3, -0.25) is 9.59 Å². The van der Waals surface area contributed by atoms with Crippen molar-refractivity contribution >= 4 is 34.5 Å². The zero-order valence-corrected chi connectivity index (χ0v) is 18.3. The number of anilines is 1. The lowest BCUT2D eigenvalue weighted by Crippen LogP contribution is -2.57. The molecule has 2 heterocycles. The van der Waals surface area contributed by atoms with Crippen molar-refractivity contribution in [1.82, 2.24) is 10.2 Å². The summed E-state index contributed by atoms with van der Waals surface area (Å²) in [6, 6.07) is 21.3. The van der Waals surface area contributed by atoms with Gasteiger partial charge in [0.05, 0.1) is 6.67 Å². The van der Waals surface area contributed by atoms with Gasteiger partial charge in [-0.2, -0.15) is 0 Å². The Bertz CT molecular complexity index is 1200. The number of rotatable bonds is 5. The molecule has 2 aliphatic rings. The molecule has 0 radical (unpaired) electrons. The zero-order valence-electron chi connectivity index (χ0n) is 18.3. The number of carbonyl (C=O) groups is 2. The monoisotopic (exact) mass is 442 g/mol. The van der Waals surface area contributed by atoms with Crippen LogP contribution in [-0.4, -0.2) is 54.8 Å². The summed E-state index contributed by atoms with van der Waals surface area (Å²) < 4.78 is 5.91. The number of likely N-dealkylation sites (tertiary alicyclic amines) is 1. The van der Waals surface area contributed by atoms with Crippen molar-refractivity contribution in [3.63, 3.8) is 0 Å². The molecule has 168 valence electrons. The first-order valence-electron chi connectivity index (χ1n) is 11.2. The molecule has 2 saturated heterocycles. The van der Waals surface area contributed by atoms with E-state index in [4.69, 9.17) is 10.1 Å². The predicted octanol–water partition coefficient (Wildman–Crippen LogP) is 3.17. The summed E-state index contributed by atoms with van der Waals surface area (Å²) in [7, 11) is 0. The largest absolute Gasteiger partial charge is 0.483 e. The maximum atomic E-state index is 12.9. The van der Waals surface area contributed by atoms with E-state index in [1.54, 1.807) is 4.90 Å². The van der Waals surface area contributed by atoms with Crippen LogP contribution in [0.5, 0.6) is 5.75 Å². The van der Waals surface area contributed by atoms with Crippen LogP contribution in [0, 0.1) is 5.41 Å². The van der Waals surface area contributed by atoms with Gasteiger partial charge in [-0.15, -0.1) is 0 Å². The van der Waals surface area contributed by atoms with Gasteiger partial charge in [-0.1, -0.05) is 42.5 Å². The van der Waals surface area contributed by atoms with Crippen molar-refractivity contribution in [1.29, 1.82) is 5.41 Å². The molecular formula is C26H26N4O3. The summed E-state index contributed by atoms with van der Waals surface area (Å²) in [4.78, 5) is 29.6. The first kappa shape index (κ1) is 21.0. The number of nitrogens with one attached hydrogen (secondary N) is 2. The average Bonchev–Trinajstić information content (AvgIpc) is 3.18. The van der Waals surface area contributed by atoms with Crippen LogP contribution >= 0.6 is 0 Å². The minimum absolute atomic E-state index is 0.0347. The molecule has 1 spiro atoms. The fraction of sp³-hybridized carbons (Fsp3) is 0.269. The molecule has 5 rings (SSSR count). The molecule has 3 aromatic carbocycles. The van der Waals surface area contributed by atoms with Gasteiger partial charge in [-0.05, 0) is 42.5 Å². The molecular weight excluding hydrogens is 416 g/mol. The van der Waals surface area contributed by atoms with E-state index in [9.17, 15) is 9.59 Å². The number of hydrogen-bond donors (Lipinski definition) is 2. The summed E-state index contributed by atoms with van der Waals surface area (Å²) in [6.07, 6.45) is 2.48. The maximum Gasteiger partial charge on any atom is 0.260 e. The number of amides is 2. The van der Waals surface area contributed by atoms with Crippen LogP contribution in [0.2, 0.25) is 0 Å². The van der Waals surface area contributed by atoms with Crippen LogP contribution in [0.25, 0.3) is 10.8 Å². The Labute approximate surface area is 192 Å². The fourth-order valence-corrected chi connectivity index (χ4v) is 4.94. The van der Waals surface area contributed by atoms with Crippen LogP contribution in [0.1, 0.15) is 18.4 Å². The van der Waals surface area contributed by atoms with Crippen LogP contribution in [0.3, 0.4) is 0 Å². The zero-order chi connectivity index (χ0) is 22.8. The molecule has 2 fully saturated rings. The van der Waals surface area contributed by atoms with Crippen LogP contribution in [0.15, 0.2) is 66.7 Å². The van der Waals surface area contributed by atoms with Gasteiger partial charge in [0.15, 0.2) is 6.61 Å². The lowest BCUT2D eigenvalue weighted by molar-refractivity contribution is -0.137. The summed E-state index contributed by atoms with van der Waals surface area (Å²) in [6.45, 7) is 1.44. The van der Waals surface area contributed by atoms with Gasteiger partial charge in [-0.25, -0.2) is 0 Å². The molecule has 7 heteroatoms. The standard InChI is InChI=1S/C26H26N4O3/c27-16-19-10-11-23(22-9-5-4-8-21(19)22)33-17-24(31)29-14-12-26(13-15-29)25(32)28-18-30(26)20-6-2-1-3-7-20/h1-11,16,27H,12-15,17-18H2,(H,28,32). The molecule has 7 nitrogen and oxygen atoms in total. The second-order valence-corrected chi connectivity index (χ2v) is 8.47. The fourth-order valence-electron chi connectivity index (χ4n) is 4.94. The minimum atomic E-state index is -0.613. The minimum Gasteiger partial charge on any atom is -0.483 e. The van der Waals surface area contributed by atoms with E-state index in [0.29, 0.717) is 38.3 Å². The number of benzene rings is 3. The van der Waals surface area contributed by atoms with Gasteiger partial charge in [0, 0.05) is 35.9 Å². The topological polar surface area (TPSA) is 85.7 Å². The van der Waals surface area contributed by atoms with E-state index >= 15 is 0 Å². The Morgan fingerprint density at radius 2 is 1.70 bits per heavy atom. The van der Waals surface area contributed by atoms with Crippen molar-refractivity contribution in [2.75, 3.05) is 31.3 Å². The molecule has 33 heavy (non-hydrogen) atoms. The highest BCUT2D eigenvalue weighted by Gasteiger charge is 2.50. The quantitative estimate of drug-likeness (QED) is 0.595. The molecule has 2 N–H and O–H groups in total. The molecule has 0 atom stereocenters. The molecule has 0 unspecified atom stereocenters. The van der Waals surface area contributed by atoms with Gasteiger partial charge in [0.1, 0.15) is 11.3 Å². The first-order valence-corrected chi connectivity index (χ1v) is 11.2. The summed E-state index contributed by atoms with van der Waals surface area (Å²) in [5, 5.41) is 12.4. The van der Waals surface area contributed by atoms with E-state index in [0.717, 1.165) is 22.0 Å². The third kappa shape index (κ3) is 3.69. The SMILES string of the molecule is N=Cc1ccc(OCC(=O)N2CCC3(CC2)C(=O)NCN3c2ccccc2)c2ccccc12. The van der Waals surface area contributed by atoms with E-state index in [1.807, 2.05) is 66.7 Å². The van der Waals surface area contributed by atoms with E-state index in [1.165, 1.54) is 6.21 Å². The predicted molar refractivity (Wildman–Crippen MR) is 128 cm³/mol. The second kappa shape index (κ2) is 8.58. The van der Waals surface area contributed by atoms with Crippen LogP contribution in [-0.2, 0) is 9.59 Å². The molecule has 2 aliphatic heterocycles. The molecule has 3 aromatic rings. The van der Waals surface area contributed by atoms with Gasteiger partial charge in [0.2, 0.25) is 5.91 Å². The summed E-state index contributed by atoms with van der Waals surface area (Å²) >= 11 is 0. The van der Waals surface area contributed by atoms with Crippen molar-refractivity contribution in [3.05, 3.63) is 72.3 Å². The van der Waals surface area contributed by atoms with Crippen molar-refractivity contribution in [2.24, 2.45) is 0 Å². The molecule has 0 bridgehead atoms. The number of piperidine rings is 1. The number of ether oxygens (including phenoxy) is 1. The Hall–Kier alpha value is -3.87. The number of para-hydroxylation sites is 1. The smallest absolute Gasteiger partial charge is 0.260 e. The lowest BCUT2D eigenvalue weighted by Gasteiger charge is -2.43. The second-order valence-electron chi connectivity index (χ2n) is 8.47. The highest BCUT2D eigenvalue weighted by Crippen LogP contribution is 2.36. The Morgan fingerprint density at radius 1 is 1.00 bits per heavy atom. The van der Waals surface area contributed by atoms with Crippen molar-refractivity contribution < 1.29 is 14.3 Å². The normalized spacial score (nSPS) is 17.3. The Kier molecular flexibility index (Phi) is 5.46. The van der Waals surface area contributed by atoms with Crippen molar-refractivity contribution in [3.8, 4) is 5.75 Å². The lowest BCUT2D eigenvalue weighted by atomic mass is 9.85.